The van der Waals surface area contributed by atoms with Crippen LogP contribution in [0.2, 0.25) is 10.2 Å². The van der Waals surface area contributed by atoms with Gasteiger partial charge in [0.25, 0.3) is 0 Å². The number of rotatable bonds is 3. The molecule has 114 valence electrons. The Kier molecular flexibility index (Phi) is 4.07. The molecule has 0 radical (unpaired) electrons. The van der Waals surface area contributed by atoms with Crippen molar-refractivity contribution in [1.29, 1.82) is 0 Å². The monoisotopic (exact) mass is 376 g/mol. The fraction of sp³-hybridized carbons (Fsp3) is 0.0588. The maximum Gasteiger partial charge on any atom is 0.142 e. The van der Waals surface area contributed by atoms with Crippen molar-refractivity contribution in [2.45, 2.75) is 6.42 Å². The molecule has 1 aromatic carbocycles. The van der Waals surface area contributed by atoms with E-state index in [1.165, 1.54) is 4.88 Å². The van der Waals surface area contributed by atoms with E-state index in [0.717, 1.165) is 27.2 Å². The molecule has 0 saturated carbocycles. The molecule has 3 aromatic heterocycles. The highest BCUT2D eigenvalue weighted by Gasteiger charge is 2.14. The van der Waals surface area contributed by atoms with Crippen LogP contribution in [-0.4, -0.2) is 9.97 Å². The molecule has 2 nitrogen and oxygen atoms in total. The van der Waals surface area contributed by atoms with Crippen LogP contribution in [0.25, 0.3) is 21.3 Å². The summed E-state index contributed by atoms with van der Waals surface area (Å²) in [5.74, 6) is 0.759. The van der Waals surface area contributed by atoms with Gasteiger partial charge in [-0.25, -0.2) is 9.97 Å². The Morgan fingerprint density at radius 2 is 1.78 bits per heavy atom. The maximum atomic E-state index is 6.46. The Morgan fingerprint density at radius 3 is 2.52 bits per heavy atom. The zero-order valence-electron chi connectivity index (χ0n) is 11.8. The number of benzene rings is 1. The van der Waals surface area contributed by atoms with Crippen LogP contribution >= 0.6 is 45.9 Å². The van der Waals surface area contributed by atoms with Gasteiger partial charge in [-0.3, -0.25) is 0 Å². The molecule has 3 heterocycles. The van der Waals surface area contributed by atoms with Gasteiger partial charge in [0.15, 0.2) is 0 Å². The first kappa shape index (κ1) is 15.1. The van der Waals surface area contributed by atoms with Gasteiger partial charge in [-0.05, 0) is 29.1 Å². The Balaban J connectivity index is 1.79. The van der Waals surface area contributed by atoms with E-state index in [1.54, 1.807) is 22.7 Å². The van der Waals surface area contributed by atoms with Gasteiger partial charge in [0.05, 0.1) is 5.39 Å². The zero-order chi connectivity index (χ0) is 15.8. The van der Waals surface area contributed by atoms with Crippen molar-refractivity contribution in [2.24, 2.45) is 0 Å². The summed E-state index contributed by atoms with van der Waals surface area (Å²) >= 11 is 15.7. The number of halogens is 2. The Labute approximate surface area is 151 Å². The number of hydrogen-bond acceptors (Lipinski definition) is 4. The molecular formula is C17H10Cl2N2S2. The predicted octanol–water partition coefficient (Wildman–Crippen LogP) is 6.32. The lowest BCUT2D eigenvalue weighted by atomic mass is 10.1. The van der Waals surface area contributed by atoms with Gasteiger partial charge in [-0.15, -0.1) is 22.7 Å². The van der Waals surface area contributed by atoms with Crippen molar-refractivity contribution >= 4 is 56.1 Å². The van der Waals surface area contributed by atoms with Gasteiger partial charge >= 0.3 is 0 Å². The van der Waals surface area contributed by atoms with Gasteiger partial charge in [0, 0.05) is 27.3 Å². The summed E-state index contributed by atoms with van der Waals surface area (Å²) in [6.07, 6.45) is 0.710. The Bertz CT molecular complexity index is 960. The van der Waals surface area contributed by atoms with Gasteiger partial charge in [-0.2, -0.15) is 0 Å². The maximum absolute atomic E-state index is 6.46. The normalized spacial score (nSPS) is 11.2. The number of nitrogens with zero attached hydrogens (tertiary/aromatic N) is 2. The molecule has 0 saturated heterocycles. The lowest BCUT2D eigenvalue weighted by Gasteiger charge is -2.03. The van der Waals surface area contributed by atoms with Crippen molar-refractivity contribution in [3.8, 4) is 11.1 Å². The second-order valence-corrected chi connectivity index (χ2v) is 7.71. The summed E-state index contributed by atoms with van der Waals surface area (Å²) in [5.41, 5.74) is 2.12. The van der Waals surface area contributed by atoms with Crippen LogP contribution in [0.1, 0.15) is 10.7 Å². The van der Waals surface area contributed by atoms with E-state index < -0.39 is 0 Å². The van der Waals surface area contributed by atoms with Crippen molar-refractivity contribution in [1.82, 2.24) is 9.97 Å². The molecule has 23 heavy (non-hydrogen) atoms. The third-order valence-corrected chi connectivity index (χ3v) is 5.78. The van der Waals surface area contributed by atoms with Crippen LogP contribution in [0.4, 0.5) is 0 Å². The van der Waals surface area contributed by atoms with Crippen molar-refractivity contribution < 1.29 is 0 Å². The molecule has 6 heteroatoms. The molecule has 0 aliphatic rings. The minimum atomic E-state index is 0.507. The molecule has 0 aliphatic heterocycles. The molecular weight excluding hydrogens is 367 g/mol. The molecule has 0 spiro atoms. The van der Waals surface area contributed by atoms with Crippen LogP contribution < -0.4 is 0 Å². The lowest BCUT2D eigenvalue weighted by Crippen LogP contribution is -1.95. The Morgan fingerprint density at radius 1 is 0.957 bits per heavy atom. The van der Waals surface area contributed by atoms with Crippen LogP contribution in [0.15, 0.2) is 47.2 Å². The number of aromatic nitrogens is 2. The predicted molar refractivity (Wildman–Crippen MR) is 100.0 cm³/mol. The van der Waals surface area contributed by atoms with Gasteiger partial charge < -0.3 is 0 Å². The van der Waals surface area contributed by atoms with Crippen molar-refractivity contribution in [3.05, 3.63) is 68.0 Å². The molecule has 0 N–H and O–H groups in total. The van der Waals surface area contributed by atoms with Crippen molar-refractivity contribution in [3.63, 3.8) is 0 Å². The average molecular weight is 377 g/mol. The van der Waals surface area contributed by atoms with Crippen LogP contribution in [0.3, 0.4) is 0 Å². The molecule has 0 aliphatic carbocycles. The zero-order valence-corrected chi connectivity index (χ0v) is 14.9. The third kappa shape index (κ3) is 3.00. The molecule has 4 aromatic rings. The van der Waals surface area contributed by atoms with Crippen LogP contribution in [-0.2, 0) is 6.42 Å². The fourth-order valence-corrected chi connectivity index (χ4v) is 4.57. The summed E-state index contributed by atoms with van der Waals surface area (Å²) in [7, 11) is 0. The van der Waals surface area contributed by atoms with E-state index in [0.29, 0.717) is 16.6 Å². The molecule has 0 fully saturated rings. The minimum absolute atomic E-state index is 0.507. The van der Waals surface area contributed by atoms with E-state index in [9.17, 15) is 0 Å². The summed E-state index contributed by atoms with van der Waals surface area (Å²) < 4.78 is 0. The van der Waals surface area contributed by atoms with E-state index in [4.69, 9.17) is 23.2 Å². The SMILES string of the molecule is Clc1ccc(-c2csc3nc(Cc4cccs4)nc(Cl)c23)cc1. The summed E-state index contributed by atoms with van der Waals surface area (Å²) in [6, 6.07) is 11.8. The fourth-order valence-electron chi connectivity index (χ4n) is 2.43. The number of thiophene rings is 2. The summed E-state index contributed by atoms with van der Waals surface area (Å²) in [4.78, 5) is 11.3. The lowest BCUT2D eigenvalue weighted by molar-refractivity contribution is 1.01. The highest BCUT2D eigenvalue weighted by Crippen LogP contribution is 2.37. The van der Waals surface area contributed by atoms with E-state index in [2.05, 4.69) is 26.8 Å². The highest BCUT2D eigenvalue weighted by atomic mass is 35.5. The minimum Gasteiger partial charge on any atom is -0.222 e. The third-order valence-electron chi connectivity index (χ3n) is 3.50. The first-order valence-corrected chi connectivity index (χ1v) is 9.44. The van der Waals surface area contributed by atoms with E-state index in [1.807, 2.05) is 30.3 Å². The van der Waals surface area contributed by atoms with Gasteiger partial charge in [0.2, 0.25) is 0 Å². The van der Waals surface area contributed by atoms with Crippen molar-refractivity contribution in [2.75, 3.05) is 0 Å². The Hall–Kier alpha value is -1.46. The molecule has 0 unspecified atom stereocenters. The molecule has 4 rings (SSSR count). The number of hydrogen-bond donors (Lipinski definition) is 0. The molecule has 0 amide bonds. The largest absolute Gasteiger partial charge is 0.222 e. The second-order valence-electron chi connectivity index (χ2n) is 5.02. The molecule has 0 bridgehead atoms. The van der Waals surface area contributed by atoms with Gasteiger partial charge in [-0.1, -0.05) is 41.4 Å². The molecule has 0 atom stereocenters. The second kappa shape index (κ2) is 6.21. The number of fused-ring (bicyclic) bond motifs is 1. The topological polar surface area (TPSA) is 25.8 Å². The van der Waals surface area contributed by atoms with E-state index >= 15 is 0 Å². The van der Waals surface area contributed by atoms with E-state index in [-0.39, 0.29) is 0 Å². The summed E-state index contributed by atoms with van der Waals surface area (Å²) in [6.45, 7) is 0. The van der Waals surface area contributed by atoms with Gasteiger partial charge in [0.1, 0.15) is 15.8 Å². The standard InChI is InChI=1S/C17H10Cl2N2S2/c18-11-5-3-10(4-6-11)13-9-23-17-15(13)16(19)20-14(21-17)8-12-2-1-7-22-12/h1-7,9H,8H2. The average Bonchev–Trinajstić information content (AvgIpc) is 3.18. The first-order valence-electron chi connectivity index (χ1n) is 6.92. The quantitative estimate of drug-likeness (QED) is 0.391. The van der Waals surface area contributed by atoms with Crippen LogP contribution in [0, 0.1) is 0 Å². The smallest absolute Gasteiger partial charge is 0.142 e. The summed E-state index contributed by atoms with van der Waals surface area (Å²) in [5, 5.41) is 6.26. The highest BCUT2D eigenvalue weighted by molar-refractivity contribution is 7.17. The van der Waals surface area contributed by atoms with Crippen LogP contribution in [0.5, 0.6) is 0 Å². The first-order chi connectivity index (χ1) is 11.2.